The van der Waals surface area contributed by atoms with Gasteiger partial charge in [-0.25, -0.2) is 4.98 Å². The van der Waals surface area contributed by atoms with Crippen LogP contribution in [0.1, 0.15) is 36.9 Å². The molecule has 0 aliphatic carbocycles. The Morgan fingerprint density at radius 2 is 1.66 bits per heavy atom. The molecule has 0 spiro atoms. The summed E-state index contributed by atoms with van der Waals surface area (Å²) < 4.78 is 77.9. The van der Waals surface area contributed by atoms with Crippen molar-refractivity contribution < 1.29 is 36.1 Å². The van der Waals surface area contributed by atoms with Gasteiger partial charge < -0.3 is 15.1 Å². The molecule has 0 unspecified atom stereocenters. The Bertz CT molecular complexity index is 1210. The van der Waals surface area contributed by atoms with Crippen molar-refractivity contribution in [2.75, 3.05) is 56.0 Å². The van der Waals surface area contributed by atoms with Crippen molar-refractivity contribution in [3.05, 3.63) is 57.9 Å². The highest BCUT2D eigenvalue weighted by molar-refractivity contribution is 5.76. The molecule has 224 valence electrons. The third kappa shape index (κ3) is 7.99. The van der Waals surface area contributed by atoms with Crippen LogP contribution in [0.3, 0.4) is 0 Å². The largest absolute Gasteiger partial charge is 0.433 e. The Kier molecular flexibility index (Phi) is 9.24. The van der Waals surface area contributed by atoms with E-state index in [0.29, 0.717) is 77.2 Å². The second-order valence-corrected chi connectivity index (χ2v) is 10.1. The molecule has 2 aromatic rings. The Hall–Kier alpha value is -3.62. The van der Waals surface area contributed by atoms with E-state index in [1.54, 1.807) is 4.90 Å². The van der Waals surface area contributed by atoms with E-state index in [1.807, 2.05) is 4.90 Å². The zero-order valence-corrected chi connectivity index (χ0v) is 22.0. The standard InChI is InChI=1S/C26H30F6N6O3/c27-25(28,29)21-16-19(3-5-22(21)38(40)41)34-18-7-10-37(11-8-18)24(39)2-1-9-35-12-14-36(15-13-35)20-4-6-23(33-17-20)26(30,31)32/h3-6,16-18,34H,1-2,7-15H2. The number of carbonyl (C=O) groups excluding carboxylic acids is 1. The number of carbonyl (C=O) groups is 1. The molecule has 1 N–H and O–H groups in total. The zero-order chi connectivity index (χ0) is 29.8. The van der Waals surface area contributed by atoms with Crippen LogP contribution >= 0.6 is 0 Å². The summed E-state index contributed by atoms with van der Waals surface area (Å²) in [6.45, 7) is 4.33. The lowest BCUT2D eigenvalue weighted by atomic mass is 10.0. The number of benzene rings is 1. The zero-order valence-electron chi connectivity index (χ0n) is 22.0. The number of piperazine rings is 1. The molecule has 1 amide bonds. The second-order valence-electron chi connectivity index (χ2n) is 10.1. The maximum Gasteiger partial charge on any atom is 0.433 e. The average Bonchev–Trinajstić information content (AvgIpc) is 2.93. The van der Waals surface area contributed by atoms with Gasteiger partial charge in [0.2, 0.25) is 5.91 Å². The number of aromatic nitrogens is 1. The number of anilines is 2. The predicted octanol–water partition coefficient (Wildman–Crippen LogP) is 5.03. The minimum absolute atomic E-state index is 0.00704. The first kappa shape index (κ1) is 30.3. The van der Waals surface area contributed by atoms with E-state index >= 15 is 0 Å². The molecule has 4 rings (SSSR count). The molecule has 2 saturated heterocycles. The fraction of sp³-hybridized carbons (Fsp3) is 0.538. The summed E-state index contributed by atoms with van der Waals surface area (Å²) in [5.41, 5.74) is -2.45. The maximum absolute atomic E-state index is 13.2. The van der Waals surface area contributed by atoms with Gasteiger partial charge in [0, 0.05) is 63.5 Å². The SMILES string of the molecule is O=C(CCCN1CCN(c2ccc(C(F)(F)F)nc2)CC1)N1CCC(Nc2ccc([N+](=O)[O-])c(C(F)(F)F)c2)CC1. The highest BCUT2D eigenvalue weighted by Crippen LogP contribution is 2.38. The summed E-state index contributed by atoms with van der Waals surface area (Å²) in [4.78, 5) is 32.0. The van der Waals surface area contributed by atoms with Crippen molar-refractivity contribution in [3.8, 4) is 0 Å². The monoisotopic (exact) mass is 588 g/mol. The van der Waals surface area contributed by atoms with Gasteiger partial charge in [0.05, 0.1) is 16.8 Å². The predicted molar refractivity (Wildman–Crippen MR) is 138 cm³/mol. The number of halogens is 6. The van der Waals surface area contributed by atoms with Gasteiger partial charge >= 0.3 is 12.4 Å². The van der Waals surface area contributed by atoms with Crippen LogP contribution in [0.25, 0.3) is 0 Å². The van der Waals surface area contributed by atoms with Gasteiger partial charge in [-0.2, -0.15) is 26.3 Å². The van der Waals surface area contributed by atoms with E-state index in [1.165, 1.54) is 18.3 Å². The fourth-order valence-electron chi connectivity index (χ4n) is 5.10. The molecule has 2 aliphatic rings. The molecule has 9 nitrogen and oxygen atoms in total. The number of nitrogens with one attached hydrogen (secondary N) is 1. The van der Waals surface area contributed by atoms with Crippen LogP contribution in [0.5, 0.6) is 0 Å². The van der Waals surface area contributed by atoms with Crippen molar-refractivity contribution in [2.45, 2.75) is 44.1 Å². The fourth-order valence-corrected chi connectivity index (χ4v) is 5.10. The third-order valence-electron chi connectivity index (χ3n) is 7.36. The van der Waals surface area contributed by atoms with Crippen LogP contribution in [-0.4, -0.2) is 77.5 Å². The summed E-state index contributed by atoms with van der Waals surface area (Å²) >= 11 is 0. The number of hydrogen-bond acceptors (Lipinski definition) is 7. The van der Waals surface area contributed by atoms with Crippen LogP contribution < -0.4 is 10.2 Å². The van der Waals surface area contributed by atoms with Gasteiger partial charge in [-0.1, -0.05) is 0 Å². The van der Waals surface area contributed by atoms with E-state index in [4.69, 9.17) is 0 Å². The molecule has 0 atom stereocenters. The number of likely N-dealkylation sites (tertiary alicyclic amines) is 1. The number of hydrogen-bond donors (Lipinski definition) is 1. The van der Waals surface area contributed by atoms with Crippen molar-refractivity contribution in [1.29, 1.82) is 0 Å². The summed E-state index contributed by atoms with van der Waals surface area (Å²) in [6, 6.07) is 5.08. The molecule has 0 radical (unpaired) electrons. The molecule has 1 aromatic carbocycles. The topological polar surface area (TPSA) is 94.9 Å². The molecule has 15 heteroatoms. The van der Waals surface area contributed by atoms with Gasteiger partial charge in [-0.15, -0.1) is 0 Å². The van der Waals surface area contributed by atoms with Gasteiger partial charge in [0.25, 0.3) is 5.69 Å². The average molecular weight is 589 g/mol. The number of pyridine rings is 1. The van der Waals surface area contributed by atoms with Crippen molar-refractivity contribution in [2.24, 2.45) is 0 Å². The first-order valence-corrected chi connectivity index (χ1v) is 13.2. The number of nitro benzene ring substituents is 1. The molecule has 0 saturated carbocycles. The summed E-state index contributed by atoms with van der Waals surface area (Å²) in [6.07, 6.45) is -6.01. The first-order valence-electron chi connectivity index (χ1n) is 13.2. The lowest BCUT2D eigenvalue weighted by Crippen LogP contribution is -2.47. The van der Waals surface area contributed by atoms with Crippen LogP contribution in [-0.2, 0) is 17.1 Å². The second kappa shape index (κ2) is 12.5. The Morgan fingerprint density at radius 3 is 2.22 bits per heavy atom. The van der Waals surface area contributed by atoms with E-state index in [0.717, 1.165) is 18.2 Å². The van der Waals surface area contributed by atoms with E-state index in [-0.39, 0.29) is 17.6 Å². The number of piperidine rings is 1. The van der Waals surface area contributed by atoms with Crippen LogP contribution in [0.4, 0.5) is 43.4 Å². The Balaban J connectivity index is 1.16. The summed E-state index contributed by atoms with van der Waals surface area (Å²) in [7, 11) is 0. The molecule has 1 aromatic heterocycles. The molecular formula is C26H30F6N6O3. The number of amides is 1. The Labute approximate surface area is 232 Å². The quantitative estimate of drug-likeness (QED) is 0.263. The molecule has 3 heterocycles. The van der Waals surface area contributed by atoms with E-state index in [2.05, 4.69) is 15.2 Å². The van der Waals surface area contributed by atoms with E-state index in [9.17, 15) is 41.3 Å². The number of nitro groups is 1. The number of nitrogens with zero attached hydrogens (tertiary/aromatic N) is 5. The van der Waals surface area contributed by atoms with E-state index < -0.39 is 34.2 Å². The minimum atomic E-state index is -4.85. The third-order valence-corrected chi connectivity index (χ3v) is 7.36. The van der Waals surface area contributed by atoms with Crippen LogP contribution in [0.15, 0.2) is 36.5 Å². The Morgan fingerprint density at radius 1 is 0.976 bits per heavy atom. The molecule has 2 fully saturated rings. The van der Waals surface area contributed by atoms with Crippen LogP contribution in [0.2, 0.25) is 0 Å². The summed E-state index contributed by atoms with van der Waals surface area (Å²) in [5.74, 6) is 0.00704. The molecule has 41 heavy (non-hydrogen) atoms. The van der Waals surface area contributed by atoms with Crippen molar-refractivity contribution in [1.82, 2.24) is 14.8 Å². The first-order chi connectivity index (χ1) is 19.3. The van der Waals surface area contributed by atoms with Crippen molar-refractivity contribution >= 4 is 23.0 Å². The van der Waals surface area contributed by atoms with Gasteiger partial charge in [0.15, 0.2) is 0 Å². The van der Waals surface area contributed by atoms with Gasteiger partial charge in [-0.05, 0) is 50.1 Å². The highest BCUT2D eigenvalue weighted by atomic mass is 19.4. The molecule has 2 aliphatic heterocycles. The van der Waals surface area contributed by atoms with Crippen molar-refractivity contribution in [3.63, 3.8) is 0 Å². The lowest BCUT2D eigenvalue weighted by molar-refractivity contribution is -0.388. The normalized spacial score (nSPS) is 17.5. The highest BCUT2D eigenvalue weighted by Gasteiger charge is 2.38. The van der Waals surface area contributed by atoms with Crippen LogP contribution in [0, 0.1) is 10.1 Å². The molecule has 0 bridgehead atoms. The smallest absolute Gasteiger partial charge is 0.382 e. The maximum atomic E-state index is 13.2. The van der Waals surface area contributed by atoms with Gasteiger partial charge in [-0.3, -0.25) is 19.8 Å². The lowest BCUT2D eigenvalue weighted by Gasteiger charge is -2.36. The van der Waals surface area contributed by atoms with Gasteiger partial charge in [0.1, 0.15) is 11.3 Å². The summed E-state index contributed by atoms with van der Waals surface area (Å²) in [5, 5.41) is 14.0. The number of alkyl halides is 6. The minimum Gasteiger partial charge on any atom is -0.382 e. The molecular weight excluding hydrogens is 558 g/mol. The number of rotatable bonds is 8.